The van der Waals surface area contributed by atoms with Crippen LogP contribution in [0.4, 0.5) is 11.6 Å². The molecule has 0 radical (unpaired) electrons. The molecule has 2 saturated heterocycles. The van der Waals surface area contributed by atoms with Gasteiger partial charge in [0.15, 0.2) is 0 Å². The summed E-state index contributed by atoms with van der Waals surface area (Å²) in [6, 6.07) is 2.19. The summed E-state index contributed by atoms with van der Waals surface area (Å²) >= 11 is 0. The lowest BCUT2D eigenvalue weighted by Gasteiger charge is -2.39. The topological polar surface area (TPSA) is 32.3 Å². The van der Waals surface area contributed by atoms with Crippen LogP contribution in [0.3, 0.4) is 0 Å². The fourth-order valence-electron chi connectivity index (χ4n) is 3.42. The minimum atomic E-state index is 0.397. The second-order valence-electron chi connectivity index (χ2n) is 6.97. The Labute approximate surface area is 122 Å². The molecule has 0 aliphatic carbocycles. The molecular weight excluding hydrogens is 248 g/mol. The zero-order chi connectivity index (χ0) is 14.0. The molecule has 0 aromatic carbocycles. The molecule has 110 valence electrons. The molecule has 3 heterocycles. The van der Waals surface area contributed by atoms with Gasteiger partial charge >= 0.3 is 0 Å². The maximum absolute atomic E-state index is 4.51. The Bertz CT molecular complexity index is 452. The average Bonchev–Trinajstić information content (AvgIpc) is 2.47. The lowest BCUT2D eigenvalue weighted by Crippen LogP contribution is -2.40. The van der Waals surface area contributed by atoms with Crippen LogP contribution in [0.25, 0.3) is 0 Å². The van der Waals surface area contributed by atoms with Crippen LogP contribution in [0.5, 0.6) is 0 Å². The van der Waals surface area contributed by atoms with Crippen LogP contribution in [0.2, 0.25) is 0 Å². The predicted octanol–water partition coefficient (Wildman–Crippen LogP) is 3.09. The van der Waals surface area contributed by atoms with Crippen LogP contribution in [0.15, 0.2) is 12.4 Å². The molecule has 4 heteroatoms. The van der Waals surface area contributed by atoms with E-state index in [0.29, 0.717) is 5.41 Å². The van der Waals surface area contributed by atoms with Gasteiger partial charge in [0.25, 0.3) is 0 Å². The smallest absolute Gasteiger partial charge is 0.134 e. The summed E-state index contributed by atoms with van der Waals surface area (Å²) in [6.07, 6.45) is 8.24. The van der Waals surface area contributed by atoms with Gasteiger partial charge in [-0.05, 0) is 37.5 Å². The molecule has 0 N–H and O–H groups in total. The summed E-state index contributed by atoms with van der Waals surface area (Å²) in [5.74, 6) is 2.21. The Balaban J connectivity index is 1.76. The highest BCUT2D eigenvalue weighted by molar-refractivity contribution is 5.50. The molecule has 2 fully saturated rings. The molecule has 2 aliphatic rings. The number of aromatic nitrogens is 2. The van der Waals surface area contributed by atoms with E-state index in [0.717, 1.165) is 37.8 Å². The molecule has 0 spiro atoms. The molecule has 0 amide bonds. The van der Waals surface area contributed by atoms with Crippen LogP contribution in [-0.2, 0) is 0 Å². The molecule has 3 rings (SSSR count). The molecule has 20 heavy (non-hydrogen) atoms. The second kappa shape index (κ2) is 5.58. The summed E-state index contributed by atoms with van der Waals surface area (Å²) in [7, 11) is 0. The number of nitrogens with zero attached hydrogens (tertiary/aromatic N) is 4. The van der Waals surface area contributed by atoms with E-state index in [1.807, 2.05) is 0 Å². The van der Waals surface area contributed by atoms with Crippen molar-refractivity contribution in [2.45, 2.75) is 46.0 Å². The SMILES string of the molecule is CC1(C)CCCN(c2cc(N3CCCCC3)ncn2)C1. The second-order valence-corrected chi connectivity index (χ2v) is 6.97. The van der Waals surface area contributed by atoms with E-state index in [-0.39, 0.29) is 0 Å². The third-order valence-corrected chi connectivity index (χ3v) is 4.54. The molecular formula is C16H26N4. The zero-order valence-corrected chi connectivity index (χ0v) is 12.8. The molecule has 4 nitrogen and oxygen atoms in total. The molecule has 0 saturated carbocycles. The number of anilines is 2. The van der Waals surface area contributed by atoms with Crippen molar-refractivity contribution in [2.24, 2.45) is 5.41 Å². The van der Waals surface area contributed by atoms with Gasteiger partial charge < -0.3 is 9.80 Å². The third-order valence-electron chi connectivity index (χ3n) is 4.54. The fourth-order valence-corrected chi connectivity index (χ4v) is 3.42. The van der Waals surface area contributed by atoms with E-state index >= 15 is 0 Å². The Morgan fingerprint density at radius 2 is 1.55 bits per heavy atom. The van der Waals surface area contributed by atoms with E-state index in [9.17, 15) is 0 Å². The van der Waals surface area contributed by atoms with E-state index in [2.05, 4.69) is 39.7 Å². The van der Waals surface area contributed by atoms with Crippen molar-refractivity contribution in [2.75, 3.05) is 36.0 Å². The maximum atomic E-state index is 4.51. The van der Waals surface area contributed by atoms with Crippen molar-refractivity contribution in [3.05, 3.63) is 12.4 Å². The van der Waals surface area contributed by atoms with Crippen molar-refractivity contribution in [3.63, 3.8) is 0 Å². The number of hydrogen-bond donors (Lipinski definition) is 0. The Hall–Kier alpha value is -1.32. The van der Waals surface area contributed by atoms with E-state index < -0.39 is 0 Å². The summed E-state index contributed by atoms with van der Waals surface area (Å²) in [4.78, 5) is 13.8. The van der Waals surface area contributed by atoms with Crippen molar-refractivity contribution in [1.29, 1.82) is 0 Å². The lowest BCUT2D eigenvalue weighted by atomic mass is 9.84. The number of hydrogen-bond acceptors (Lipinski definition) is 4. The van der Waals surface area contributed by atoms with E-state index in [4.69, 9.17) is 0 Å². The summed E-state index contributed by atoms with van der Waals surface area (Å²) in [6.45, 7) is 9.21. The van der Waals surface area contributed by atoms with Gasteiger partial charge in [-0.15, -0.1) is 0 Å². The molecule has 2 aliphatic heterocycles. The standard InChI is InChI=1S/C16H26N4/c1-16(2)7-6-10-20(12-16)15-11-14(17-13-18-15)19-8-4-3-5-9-19/h11,13H,3-10,12H2,1-2H3. The molecule has 1 aromatic heterocycles. The van der Waals surface area contributed by atoms with Crippen molar-refractivity contribution in [1.82, 2.24) is 9.97 Å². The Kier molecular flexibility index (Phi) is 3.81. The van der Waals surface area contributed by atoms with Gasteiger partial charge in [0, 0.05) is 32.2 Å². The van der Waals surface area contributed by atoms with Gasteiger partial charge in [0.1, 0.15) is 18.0 Å². The van der Waals surface area contributed by atoms with Crippen LogP contribution >= 0.6 is 0 Å². The van der Waals surface area contributed by atoms with Crippen LogP contribution < -0.4 is 9.80 Å². The quantitative estimate of drug-likeness (QED) is 0.829. The normalized spacial score (nSPS) is 22.9. The first-order valence-corrected chi connectivity index (χ1v) is 7.96. The fraction of sp³-hybridized carbons (Fsp3) is 0.750. The molecule has 0 atom stereocenters. The van der Waals surface area contributed by atoms with Gasteiger partial charge in [-0.3, -0.25) is 0 Å². The van der Waals surface area contributed by atoms with E-state index in [1.54, 1.807) is 6.33 Å². The van der Waals surface area contributed by atoms with Gasteiger partial charge in [-0.2, -0.15) is 0 Å². The van der Waals surface area contributed by atoms with Crippen LogP contribution in [0, 0.1) is 5.41 Å². The first-order valence-electron chi connectivity index (χ1n) is 7.96. The van der Waals surface area contributed by atoms with Crippen LogP contribution in [0.1, 0.15) is 46.0 Å². The largest absolute Gasteiger partial charge is 0.356 e. The van der Waals surface area contributed by atoms with Gasteiger partial charge in [-0.1, -0.05) is 13.8 Å². The van der Waals surface area contributed by atoms with Crippen molar-refractivity contribution < 1.29 is 0 Å². The zero-order valence-electron chi connectivity index (χ0n) is 12.8. The first kappa shape index (κ1) is 13.7. The maximum Gasteiger partial charge on any atom is 0.134 e. The summed E-state index contributed by atoms with van der Waals surface area (Å²) in [5.41, 5.74) is 0.397. The van der Waals surface area contributed by atoms with E-state index in [1.165, 1.54) is 32.1 Å². The summed E-state index contributed by atoms with van der Waals surface area (Å²) < 4.78 is 0. The molecule has 1 aromatic rings. The predicted molar refractivity (Wildman–Crippen MR) is 83.3 cm³/mol. The first-order chi connectivity index (χ1) is 9.64. The lowest BCUT2D eigenvalue weighted by molar-refractivity contribution is 0.292. The number of piperidine rings is 2. The summed E-state index contributed by atoms with van der Waals surface area (Å²) in [5, 5.41) is 0. The Morgan fingerprint density at radius 3 is 2.25 bits per heavy atom. The monoisotopic (exact) mass is 274 g/mol. The highest BCUT2D eigenvalue weighted by Gasteiger charge is 2.27. The minimum Gasteiger partial charge on any atom is -0.356 e. The van der Waals surface area contributed by atoms with Gasteiger partial charge in [0.2, 0.25) is 0 Å². The third kappa shape index (κ3) is 3.05. The minimum absolute atomic E-state index is 0.397. The number of rotatable bonds is 2. The molecule has 0 bridgehead atoms. The highest BCUT2D eigenvalue weighted by Crippen LogP contribution is 2.31. The van der Waals surface area contributed by atoms with Crippen LogP contribution in [-0.4, -0.2) is 36.1 Å². The van der Waals surface area contributed by atoms with Crippen molar-refractivity contribution >= 4 is 11.6 Å². The van der Waals surface area contributed by atoms with Gasteiger partial charge in [0.05, 0.1) is 0 Å². The van der Waals surface area contributed by atoms with Gasteiger partial charge in [-0.25, -0.2) is 9.97 Å². The highest BCUT2D eigenvalue weighted by atomic mass is 15.2. The van der Waals surface area contributed by atoms with Crippen molar-refractivity contribution in [3.8, 4) is 0 Å². The molecule has 0 unspecified atom stereocenters. The average molecular weight is 274 g/mol. The Morgan fingerprint density at radius 1 is 0.900 bits per heavy atom.